The van der Waals surface area contributed by atoms with Gasteiger partial charge in [0.2, 0.25) is 0 Å². The van der Waals surface area contributed by atoms with Gasteiger partial charge in [-0.15, -0.1) is 0 Å². The van der Waals surface area contributed by atoms with E-state index in [1.165, 1.54) is 0 Å². The maximum absolute atomic E-state index is 4.27. The van der Waals surface area contributed by atoms with Crippen LogP contribution >= 0.6 is 0 Å². The Labute approximate surface area is 88.6 Å². The highest BCUT2D eigenvalue weighted by molar-refractivity contribution is 5.64. The van der Waals surface area contributed by atoms with Gasteiger partial charge in [-0.2, -0.15) is 5.10 Å². The first-order valence-corrected chi connectivity index (χ1v) is 5.01. The van der Waals surface area contributed by atoms with Gasteiger partial charge in [0, 0.05) is 18.0 Å². The Morgan fingerprint density at radius 3 is 3.33 bits per heavy atom. The van der Waals surface area contributed by atoms with Crippen molar-refractivity contribution in [2.24, 2.45) is 0 Å². The summed E-state index contributed by atoms with van der Waals surface area (Å²) in [6, 6.07) is 1.87. The summed E-state index contributed by atoms with van der Waals surface area (Å²) in [4.78, 5) is 4.27. The topological polar surface area (TPSA) is 42.2 Å². The molecule has 0 fully saturated rings. The van der Waals surface area contributed by atoms with Crippen LogP contribution < -0.4 is 5.32 Å². The molecule has 2 heterocycles. The van der Waals surface area contributed by atoms with E-state index in [1.807, 2.05) is 25.5 Å². The van der Waals surface area contributed by atoms with E-state index < -0.39 is 0 Å². The molecule has 0 aliphatic carbocycles. The molecule has 4 heteroatoms. The molecule has 0 saturated heterocycles. The molecule has 0 spiro atoms. The maximum Gasteiger partial charge on any atom is 0.162 e. The first kappa shape index (κ1) is 9.86. The van der Waals surface area contributed by atoms with Crippen molar-refractivity contribution >= 4 is 11.7 Å². The zero-order valence-electron chi connectivity index (χ0n) is 8.72. The Hall–Kier alpha value is -1.68. The Kier molecular flexibility index (Phi) is 3.09. The van der Waals surface area contributed by atoms with Crippen LogP contribution in [0.3, 0.4) is 0 Å². The molecule has 0 unspecified atom stereocenters. The lowest BCUT2D eigenvalue weighted by atomic mass is 10.3. The van der Waals surface area contributed by atoms with E-state index in [1.54, 1.807) is 10.7 Å². The standard InChI is InChI=1S/C11H14N4/c1-12-6-3-2-5-10-9-14-15-8-4-7-13-11(10)15/h2,4-5,7-9,12H,3,6H2,1H3. The van der Waals surface area contributed by atoms with Gasteiger partial charge in [0.25, 0.3) is 0 Å². The monoisotopic (exact) mass is 202 g/mol. The van der Waals surface area contributed by atoms with E-state index in [0.29, 0.717) is 0 Å². The van der Waals surface area contributed by atoms with Crippen LogP contribution in [0, 0.1) is 0 Å². The molecular weight excluding hydrogens is 188 g/mol. The lowest BCUT2D eigenvalue weighted by Crippen LogP contribution is -2.05. The summed E-state index contributed by atoms with van der Waals surface area (Å²) in [5.41, 5.74) is 1.96. The summed E-state index contributed by atoms with van der Waals surface area (Å²) in [7, 11) is 1.95. The summed E-state index contributed by atoms with van der Waals surface area (Å²) >= 11 is 0. The molecule has 2 aromatic rings. The minimum absolute atomic E-state index is 0.901. The second-order valence-corrected chi connectivity index (χ2v) is 3.28. The fourth-order valence-corrected chi connectivity index (χ4v) is 1.40. The number of hydrogen-bond donors (Lipinski definition) is 1. The molecule has 2 aromatic heterocycles. The molecule has 0 bridgehead atoms. The fraction of sp³-hybridized carbons (Fsp3) is 0.273. The quantitative estimate of drug-likeness (QED) is 0.761. The minimum atomic E-state index is 0.901. The Morgan fingerprint density at radius 1 is 1.53 bits per heavy atom. The summed E-state index contributed by atoms with van der Waals surface area (Å²) in [5, 5.41) is 7.30. The summed E-state index contributed by atoms with van der Waals surface area (Å²) in [6.07, 6.45) is 10.7. The van der Waals surface area contributed by atoms with Crippen molar-refractivity contribution in [1.82, 2.24) is 19.9 Å². The fourth-order valence-electron chi connectivity index (χ4n) is 1.40. The SMILES string of the molecule is CNCCC=Cc1cnn2cccnc12. The van der Waals surface area contributed by atoms with Crippen LogP contribution in [-0.2, 0) is 0 Å². The van der Waals surface area contributed by atoms with Crippen molar-refractivity contribution in [2.75, 3.05) is 13.6 Å². The lowest BCUT2D eigenvalue weighted by Gasteiger charge is -1.92. The normalized spacial score (nSPS) is 11.5. The van der Waals surface area contributed by atoms with Gasteiger partial charge >= 0.3 is 0 Å². The van der Waals surface area contributed by atoms with Crippen molar-refractivity contribution in [3.8, 4) is 0 Å². The molecule has 0 aliphatic rings. The highest BCUT2D eigenvalue weighted by Crippen LogP contribution is 2.08. The third kappa shape index (κ3) is 2.22. The number of aromatic nitrogens is 3. The summed E-state index contributed by atoms with van der Waals surface area (Å²) < 4.78 is 1.78. The number of hydrogen-bond acceptors (Lipinski definition) is 3. The van der Waals surface area contributed by atoms with Crippen LogP contribution in [0.2, 0.25) is 0 Å². The third-order valence-electron chi connectivity index (χ3n) is 2.16. The molecule has 0 atom stereocenters. The van der Waals surface area contributed by atoms with E-state index in [9.17, 15) is 0 Å². The van der Waals surface area contributed by atoms with Crippen LogP contribution in [0.25, 0.3) is 11.7 Å². The Balaban J connectivity index is 2.17. The number of nitrogens with one attached hydrogen (secondary N) is 1. The molecule has 4 nitrogen and oxygen atoms in total. The first-order chi connectivity index (χ1) is 7.42. The van der Waals surface area contributed by atoms with Crippen molar-refractivity contribution in [1.29, 1.82) is 0 Å². The van der Waals surface area contributed by atoms with Crippen LogP contribution in [-0.4, -0.2) is 28.2 Å². The Bertz CT molecular complexity index is 458. The molecule has 1 N–H and O–H groups in total. The van der Waals surface area contributed by atoms with E-state index in [4.69, 9.17) is 0 Å². The summed E-state index contributed by atoms with van der Waals surface area (Å²) in [6.45, 7) is 0.989. The third-order valence-corrected chi connectivity index (χ3v) is 2.16. The van der Waals surface area contributed by atoms with Gasteiger partial charge in [0.05, 0.1) is 6.20 Å². The van der Waals surface area contributed by atoms with Crippen LogP contribution in [0.5, 0.6) is 0 Å². The van der Waals surface area contributed by atoms with E-state index in [-0.39, 0.29) is 0 Å². The zero-order chi connectivity index (χ0) is 10.5. The smallest absolute Gasteiger partial charge is 0.162 e. The number of rotatable bonds is 4. The molecular formula is C11H14N4. The second kappa shape index (κ2) is 4.70. The average Bonchev–Trinajstić information content (AvgIpc) is 2.68. The van der Waals surface area contributed by atoms with Gasteiger partial charge in [0.15, 0.2) is 5.65 Å². The van der Waals surface area contributed by atoms with Crippen LogP contribution in [0.4, 0.5) is 0 Å². The molecule has 0 aliphatic heterocycles. The van der Waals surface area contributed by atoms with Crippen molar-refractivity contribution in [3.05, 3.63) is 36.3 Å². The van der Waals surface area contributed by atoms with E-state index >= 15 is 0 Å². The maximum atomic E-state index is 4.27. The summed E-state index contributed by atoms with van der Waals surface area (Å²) in [5.74, 6) is 0. The zero-order valence-corrected chi connectivity index (χ0v) is 8.72. The molecule has 78 valence electrons. The van der Waals surface area contributed by atoms with Crippen molar-refractivity contribution in [3.63, 3.8) is 0 Å². The molecule has 2 rings (SSSR count). The van der Waals surface area contributed by atoms with Crippen molar-refractivity contribution < 1.29 is 0 Å². The first-order valence-electron chi connectivity index (χ1n) is 5.01. The van der Waals surface area contributed by atoms with Gasteiger partial charge in [-0.05, 0) is 26.1 Å². The van der Waals surface area contributed by atoms with Gasteiger partial charge in [-0.1, -0.05) is 12.2 Å². The van der Waals surface area contributed by atoms with E-state index in [2.05, 4.69) is 27.6 Å². The number of nitrogens with zero attached hydrogens (tertiary/aromatic N) is 3. The van der Waals surface area contributed by atoms with Crippen LogP contribution in [0.15, 0.2) is 30.7 Å². The second-order valence-electron chi connectivity index (χ2n) is 3.28. The lowest BCUT2D eigenvalue weighted by molar-refractivity contribution is 0.809. The average molecular weight is 202 g/mol. The predicted molar refractivity (Wildman–Crippen MR) is 60.6 cm³/mol. The minimum Gasteiger partial charge on any atom is -0.319 e. The van der Waals surface area contributed by atoms with Gasteiger partial charge in [-0.25, -0.2) is 9.50 Å². The van der Waals surface area contributed by atoms with Gasteiger partial charge in [0.1, 0.15) is 0 Å². The van der Waals surface area contributed by atoms with E-state index in [0.717, 1.165) is 24.2 Å². The molecule has 0 aromatic carbocycles. The molecule has 0 amide bonds. The molecule has 0 saturated carbocycles. The van der Waals surface area contributed by atoms with Gasteiger partial charge in [-0.3, -0.25) is 0 Å². The Morgan fingerprint density at radius 2 is 2.47 bits per heavy atom. The molecule has 0 radical (unpaired) electrons. The largest absolute Gasteiger partial charge is 0.319 e. The van der Waals surface area contributed by atoms with Gasteiger partial charge < -0.3 is 5.32 Å². The highest BCUT2D eigenvalue weighted by Gasteiger charge is 1.99. The molecule has 15 heavy (non-hydrogen) atoms. The van der Waals surface area contributed by atoms with Crippen LogP contribution in [0.1, 0.15) is 12.0 Å². The van der Waals surface area contributed by atoms with Crippen molar-refractivity contribution in [2.45, 2.75) is 6.42 Å². The predicted octanol–water partition coefficient (Wildman–Crippen LogP) is 1.35. The number of fused-ring (bicyclic) bond motifs is 1. The highest BCUT2D eigenvalue weighted by atomic mass is 15.2.